The number of alkyl halides is 6. The highest BCUT2D eigenvalue weighted by Gasteiger charge is 2.85. The van der Waals surface area contributed by atoms with Gasteiger partial charge in [0.15, 0.2) is 0 Å². The molecule has 0 aromatic heterocycles. The van der Waals surface area contributed by atoms with Gasteiger partial charge in [0.2, 0.25) is 0 Å². The summed E-state index contributed by atoms with van der Waals surface area (Å²) >= 11 is 0. The Morgan fingerprint density at radius 1 is 1.12 bits per heavy atom. The van der Waals surface area contributed by atoms with Crippen LogP contribution in [0, 0.1) is 5.92 Å². The predicted octanol–water partition coefficient (Wildman–Crippen LogP) is 1.37. The largest absolute Gasteiger partial charge is 0.458 e. The summed E-state index contributed by atoms with van der Waals surface area (Å²) in [5.74, 6) is -4.60. The zero-order chi connectivity index (χ0) is 19.4. The van der Waals surface area contributed by atoms with E-state index in [9.17, 15) is 44.3 Å². The fourth-order valence-corrected chi connectivity index (χ4v) is 3.67. The molecule has 0 aromatic rings. The van der Waals surface area contributed by atoms with Crippen molar-refractivity contribution in [3.8, 4) is 0 Å². The second-order valence-electron chi connectivity index (χ2n) is 5.58. The molecule has 0 amide bonds. The molecule has 3 unspecified atom stereocenters. The van der Waals surface area contributed by atoms with E-state index in [1.165, 1.54) is 0 Å². The summed E-state index contributed by atoms with van der Waals surface area (Å²) in [7, 11) is -7.05. The first-order valence-electron chi connectivity index (χ1n) is 6.65. The summed E-state index contributed by atoms with van der Waals surface area (Å²) in [5.41, 5.74) is 0. The van der Waals surface area contributed by atoms with Crippen LogP contribution in [0.15, 0.2) is 0 Å². The summed E-state index contributed by atoms with van der Waals surface area (Å²) in [4.78, 5) is 23.0. The highest BCUT2D eigenvalue weighted by molar-refractivity contribution is 7.88. The van der Waals surface area contributed by atoms with E-state index in [0.717, 1.165) is 0 Å². The number of hydrogen-bond donors (Lipinski definition) is 1. The minimum absolute atomic E-state index is 0.0236. The predicted molar refractivity (Wildman–Crippen MR) is 63.5 cm³/mol. The van der Waals surface area contributed by atoms with Crippen LogP contribution in [-0.4, -0.2) is 54.2 Å². The third-order valence-electron chi connectivity index (χ3n) is 4.06. The quantitative estimate of drug-likeness (QED) is 0.433. The molecular formula is C11H10F6O7S. The molecule has 7 nitrogen and oxygen atoms in total. The number of halogens is 6. The van der Waals surface area contributed by atoms with Crippen molar-refractivity contribution < 1.29 is 58.4 Å². The third-order valence-corrected chi connectivity index (χ3v) is 5.47. The van der Waals surface area contributed by atoms with Gasteiger partial charge in [-0.1, -0.05) is 0 Å². The third kappa shape index (κ3) is 2.94. The Kier molecular flexibility index (Phi) is 4.52. The van der Waals surface area contributed by atoms with Gasteiger partial charge in [0, 0.05) is 6.42 Å². The normalized spacial score (nSPS) is 27.8. The first-order valence-corrected chi connectivity index (χ1v) is 8.09. The van der Waals surface area contributed by atoms with Crippen LogP contribution >= 0.6 is 0 Å². The maximum atomic E-state index is 13.0. The zero-order valence-corrected chi connectivity index (χ0v) is 12.7. The molecule has 0 aromatic carbocycles. The Bertz CT molecular complexity index is 668. The molecule has 1 heterocycles. The van der Waals surface area contributed by atoms with E-state index in [0.29, 0.717) is 0 Å². The lowest BCUT2D eigenvalue weighted by Crippen LogP contribution is -2.68. The first-order chi connectivity index (χ1) is 11.1. The minimum Gasteiger partial charge on any atom is -0.458 e. The van der Waals surface area contributed by atoms with Crippen LogP contribution in [0.1, 0.15) is 19.3 Å². The van der Waals surface area contributed by atoms with Gasteiger partial charge in [-0.3, -0.25) is 9.35 Å². The molecule has 2 bridgehead atoms. The summed E-state index contributed by atoms with van der Waals surface area (Å²) in [5, 5.41) is 0. The number of fused-ring (bicyclic) bond motifs is 2. The van der Waals surface area contributed by atoms with Crippen molar-refractivity contribution in [2.75, 3.05) is 0 Å². The first kappa shape index (κ1) is 19.8. The van der Waals surface area contributed by atoms with E-state index in [4.69, 9.17) is 4.55 Å². The Balaban J connectivity index is 2.42. The lowest BCUT2D eigenvalue weighted by molar-refractivity contribution is -0.271. The minimum atomic E-state index is -7.05. The second-order valence-corrected chi connectivity index (χ2v) is 7.14. The van der Waals surface area contributed by atoms with Crippen molar-refractivity contribution >= 4 is 22.1 Å². The smallest absolute Gasteiger partial charge is 0.430 e. The molecule has 0 radical (unpaired) electrons. The molecule has 2 fully saturated rings. The summed E-state index contributed by atoms with van der Waals surface area (Å²) in [6, 6.07) is 0. The molecule has 2 rings (SSSR count). The maximum absolute atomic E-state index is 13.0. The number of esters is 2. The molecule has 1 aliphatic heterocycles. The van der Waals surface area contributed by atoms with E-state index in [1.807, 2.05) is 0 Å². The van der Waals surface area contributed by atoms with Crippen molar-refractivity contribution in [1.29, 1.82) is 0 Å². The Hall–Kier alpha value is -1.57. The van der Waals surface area contributed by atoms with Crippen molar-refractivity contribution in [2.45, 2.75) is 48.6 Å². The summed E-state index contributed by atoms with van der Waals surface area (Å²) < 4.78 is 111. The highest BCUT2D eigenvalue weighted by Crippen LogP contribution is 2.50. The van der Waals surface area contributed by atoms with Crippen LogP contribution in [0.5, 0.6) is 0 Å². The number of carbonyl (C=O) groups excluding carboxylic acids is 2. The molecule has 1 aliphatic carbocycles. The van der Waals surface area contributed by atoms with E-state index in [-0.39, 0.29) is 19.3 Å². The monoisotopic (exact) mass is 400 g/mol. The Labute approximate surface area is 136 Å². The van der Waals surface area contributed by atoms with Crippen LogP contribution in [0.2, 0.25) is 0 Å². The van der Waals surface area contributed by atoms with Crippen LogP contribution in [-0.2, 0) is 29.2 Å². The van der Waals surface area contributed by atoms with Gasteiger partial charge < -0.3 is 9.47 Å². The van der Waals surface area contributed by atoms with Crippen molar-refractivity contribution in [3.05, 3.63) is 0 Å². The van der Waals surface area contributed by atoms with Gasteiger partial charge in [-0.05, 0) is 12.8 Å². The molecule has 3 atom stereocenters. The molecule has 1 N–H and O–H groups in total. The Morgan fingerprint density at radius 3 is 2.08 bits per heavy atom. The van der Waals surface area contributed by atoms with E-state index in [1.54, 1.807) is 0 Å². The van der Waals surface area contributed by atoms with Crippen LogP contribution in [0.4, 0.5) is 26.3 Å². The van der Waals surface area contributed by atoms with Crippen molar-refractivity contribution in [3.63, 3.8) is 0 Å². The number of ether oxygens (including phenoxy) is 2. The SMILES string of the molecule is O=C1OC2CC1CCC2OC(=O)C(C(F)(F)F)(C(F)(F)F)S(=O)(=O)O. The molecule has 25 heavy (non-hydrogen) atoms. The van der Waals surface area contributed by atoms with Gasteiger partial charge in [0.1, 0.15) is 12.2 Å². The maximum Gasteiger partial charge on any atom is 0.430 e. The van der Waals surface area contributed by atoms with Gasteiger partial charge in [-0.25, -0.2) is 4.79 Å². The molecule has 14 heteroatoms. The summed E-state index contributed by atoms with van der Waals surface area (Å²) in [6.45, 7) is 0. The topological polar surface area (TPSA) is 107 Å². The van der Waals surface area contributed by atoms with Gasteiger partial charge in [0.05, 0.1) is 5.92 Å². The standard InChI is InChI=1S/C11H10F6O7S/c12-10(13,14)9(11(15,16)17,25(20,21)22)8(19)24-5-2-1-4-3-6(5)23-7(4)18/h4-6H,1-3H2,(H,20,21,22). The molecule has 2 aliphatic rings. The molecule has 1 saturated carbocycles. The molecule has 1 saturated heterocycles. The zero-order valence-electron chi connectivity index (χ0n) is 11.9. The molecule has 0 spiro atoms. The Morgan fingerprint density at radius 2 is 1.64 bits per heavy atom. The van der Waals surface area contributed by atoms with E-state index in [2.05, 4.69) is 9.47 Å². The number of hydrogen-bond acceptors (Lipinski definition) is 6. The van der Waals surface area contributed by atoms with Crippen molar-refractivity contribution in [1.82, 2.24) is 0 Å². The highest BCUT2D eigenvalue weighted by atomic mass is 32.2. The van der Waals surface area contributed by atoms with Gasteiger partial charge in [0.25, 0.3) is 0 Å². The average molecular weight is 400 g/mol. The van der Waals surface area contributed by atoms with Crippen LogP contribution in [0.3, 0.4) is 0 Å². The second kappa shape index (κ2) is 5.72. The molecule has 144 valence electrons. The van der Waals surface area contributed by atoms with Crippen LogP contribution < -0.4 is 0 Å². The summed E-state index contributed by atoms with van der Waals surface area (Å²) in [6.07, 6.45) is -16.9. The lowest BCUT2D eigenvalue weighted by Gasteiger charge is -2.34. The fraction of sp³-hybridized carbons (Fsp3) is 0.818. The van der Waals surface area contributed by atoms with Gasteiger partial charge in [-0.2, -0.15) is 34.8 Å². The fourth-order valence-electron chi connectivity index (χ4n) is 2.83. The number of carbonyl (C=O) groups is 2. The van der Waals surface area contributed by atoms with Crippen LogP contribution in [0.25, 0.3) is 0 Å². The lowest BCUT2D eigenvalue weighted by atomic mass is 9.88. The molecular weight excluding hydrogens is 390 g/mol. The van der Waals surface area contributed by atoms with Crippen molar-refractivity contribution in [2.24, 2.45) is 5.92 Å². The van der Waals surface area contributed by atoms with E-state index >= 15 is 0 Å². The van der Waals surface area contributed by atoms with Gasteiger partial charge >= 0.3 is 39.2 Å². The number of rotatable bonds is 3. The van der Waals surface area contributed by atoms with E-state index < -0.39 is 57.3 Å². The van der Waals surface area contributed by atoms with Gasteiger partial charge in [-0.15, -0.1) is 0 Å². The average Bonchev–Trinajstić information content (AvgIpc) is 2.64.